The number of carbonyl (C=O) groups excluding carboxylic acids is 1. The minimum Gasteiger partial charge on any atom is -0.334 e. The van der Waals surface area contributed by atoms with Gasteiger partial charge in [-0.3, -0.25) is 4.79 Å². The summed E-state index contributed by atoms with van der Waals surface area (Å²) < 4.78 is 13.6. The second-order valence-electron chi connectivity index (χ2n) is 4.68. The molecule has 0 aliphatic heterocycles. The van der Waals surface area contributed by atoms with Gasteiger partial charge in [-0.25, -0.2) is 4.39 Å². The summed E-state index contributed by atoms with van der Waals surface area (Å²) in [5, 5.41) is 0. The molecule has 2 nitrogen and oxygen atoms in total. The molecule has 1 aromatic rings. The van der Waals surface area contributed by atoms with E-state index < -0.39 is 0 Å². The van der Waals surface area contributed by atoms with Gasteiger partial charge >= 0.3 is 0 Å². The Morgan fingerprint density at radius 3 is 2.61 bits per heavy atom. The maximum atomic E-state index is 13.6. The molecule has 1 amide bonds. The summed E-state index contributed by atoms with van der Waals surface area (Å²) in [6, 6.07) is 6.81. The van der Waals surface area contributed by atoms with Crippen molar-refractivity contribution in [1.82, 2.24) is 4.90 Å². The minimum atomic E-state index is -0.261. The number of halogens is 2. The largest absolute Gasteiger partial charge is 0.334 e. The quantitative estimate of drug-likeness (QED) is 0.768. The van der Waals surface area contributed by atoms with Gasteiger partial charge in [0.25, 0.3) is 0 Å². The Morgan fingerprint density at radius 1 is 1.33 bits per heavy atom. The van der Waals surface area contributed by atoms with Crippen molar-refractivity contribution in [2.75, 3.05) is 5.88 Å². The first-order valence-electron chi connectivity index (χ1n) is 6.31. The first-order chi connectivity index (χ1) is 8.72. The SMILES string of the molecule is O=C(CCl)N(Cc1ccccc1F)C1CCCC1. The third-order valence-corrected chi connectivity index (χ3v) is 3.73. The van der Waals surface area contributed by atoms with Crippen LogP contribution in [0.5, 0.6) is 0 Å². The molecule has 0 radical (unpaired) electrons. The number of nitrogens with zero attached hydrogens (tertiary/aromatic N) is 1. The summed E-state index contributed by atoms with van der Waals surface area (Å²) in [7, 11) is 0. The van der Waals surface area contributed by atoms with Gasteiger partial charge in [0, 0.05) is 18.2 Å². The number of carbonyl (C=O) groups is 1. The second kappa shape index (κ2) is 6.19. The van der Waals surface area contributed by atoms with Gasteiger partial charge in [-0.05, 0) is 18.9 Å². The lowest BCUT2D eigenvalue weighted by Crippen LogP contribution is -2.39. The van der Waals surface area contributed by atoms with Crippen LogP contribution in [-0.4, -0.2) is 22.7 Å². The lowest BCUT2D eigenvalue weighted by Gasteiger charge is -2.28. The Morgan fingerprint density at radius 2 is 2.00 bits per heavy atom. The molecular weight excluding hydrogens is 253 g/mol. The molecule has 1 aliphatic rings. The zero-order chi connectivity index (χ0) is 13.0. The maximum absolute atomic E-state index is 13.6. The number of amides is 1. The molecule has 4 heteroatoms. The molecule has 0 unspecified atom stereocenters. The van der Waals surface area contributed by atoms with E-state index in [-0.39, 0.29) is 23.6 Å². The third kappa shape index (κ3) is 3.02. The summed E-state index contributed by atoms with van der Waals surface area (Å²) in [6.07, 6.45) is 4.26. The number of benzene rings is 1. The van der Waals surface area contributed by atoms with Crippen molar-refractivity contribution in [3.8, 4) is 0 Å². The molecule has 0 atom stereocenters. The molecule has 0 spiro atoms. The molecule has 98 valence electrons. The normalized spacial score (nSPS) is 15.9. The summed E-state index contributed by atoms with van der Waals surface area (Å²) in [5.41, 5.74) is 0.558. The van der Waals surface area contributed by atoms with E-state index in [0.717, 1.165) is 25.7 Å². The topological polar surface area (TPSA) is 20.3 Å². The number of hydrogen-bond acceptors (Lipinski definition) is 1. The fourth-order valence-electron chi connectivity index (χ4n) is 2.52. The highest BCUT2D eigenvalue weighted by molar-refractivity contribution is 6.27. The van der Waals surface area contributed by atoms with Crippen LogP contribution in [0.15, 0.2) is 24.3 Å². The van der Waals surface area contributed by atoms with Crippen LogP contribution in [0.2, 0.25) is 0 Å². The average molecular weight is 270 g/mol. The molecule has 0 N–H and O–H groups in total. The second-order valence-corrected chi connectivity index (χ2v) is 4.95. The Hall–Kier alpha value is -1.09. The van der Waals surface area contributed by atoms with Crippen molar-refractivity contribution in [2.45, 2.75) is 38.3 Å². The molecule has 1 saturated carbocycles. The van der Waals surface area contributed by atoms with Gasteiger partial charge in [-0.2, -0.15) is 0 Å². The van der Waals surface area contributed by atoms with Gasteiger partial charge in [-0.1, -0.05) is 31.0 Å². The van der Waals surface area contributed by atoms with Gasteiger partial charge in [0.15, 0.2) is 0 Å². The van der Waals surface area contributed by atoms with E-state index in [9.17, 15) is 9.18 Å². The first-order valence-corrected chi connectivity index (χ1v) is 6.84. The summed E-state index contributed by atoms with van der Waals surface area (Å²) in [4.78, 5) is 13.6. The highest BCUT2D eigenvalue weighted by atomic mass is 35.5. The van der Waals surface area contributed by atoms with E-state index in [2.05, 4.69) is 0 Å². The highest BCUT2D eigenvalue weighted by Crippen LogP contribution is 2.25. The molecule has 0 heterocycles. The van der Waals surface area contributed by atoms with Crippen LogP contribution in [0, 0.1) is 5.82 Å². The molecule has 0 aromatic heterocycles. The predicted octanol–water partition coefficient (Wildman–Crippen LogP) is 3.34. The van der Waals surface area contributed by atoms with E-state index in [4.69, 9.17) is 11.6 Å². The number of rotatable bonds is 4. The van der Waals surface area contributed by atoms with Crippen molar-refractivity contribution in [1.29, 1.82) is 0 Å². The van der Waals surface area contributed by atoms with Gasteiger partial charge in [0.05, 0.1) is 0 Å². The monoisotopic (exact) mass is 269 g/mol. The van der Waals surface area contributed by atoms with Crippen molar-refractivity contribution >= 4 is 17.5 Å². The lowest BCUT2D eigenvalue weighted by molar-refractivity contribution is -0.131. The van der Waals surface area contributed by atoms with Crippen LogP contribution in [0.4, 0.5) is 4.39 Å². The molecule has 2 rings (SSSR count). The Bertz CT molecular complexity index is 418. The highest BCUT2D eigenvalue weighted by Gasteiger charge is 2.26. The van der Waals surface area contributed by atoms with Gasteiger partial charge in [0.1, 0.15) is 11.7 Å². The van der Waals surface area contributed by atoms with E-state index in [1.165, 1.54) is 6.07 Å². The smallest absolute Gasteiger partial charge is 0.238 e. The van der Waals surface area contributed by atoms with Crippen LogP contribution in [0.25, 0.3) is 0 Å². The van der Waals surface area contributed by atoms with Gasteiger partial charge in [0.2, 0.25) is 5.91 Å². The van der Waals surface area contributed by atoms with Crippen molar-refractivity contribution < 1.29 is 9.18 Å². The van der Waals surface area contributed by atoms with E-state index in [1.807, 2.05) is 0 Å². The van der Waals surface area contributed by atoms with Crippen LogP contribution < -0.4 is 0 Å². The summed E-state index contributed by atoms with van der Waals surface area (Å²) in [6.45, 7) is 0.322. The van der Waals surface area contributed by atoms with Gasteiger partial charge < -0.3 is 4.90 Å². The maximum Gasteiger partial charge on any atom is 0.238 e. The molecule has 1 fully saturated rings. The lowest BCUT2D eigenvalue weighted by atomic mass is 10.1. The standard InChI is InChI=1S/C14H17ClFNO/c15-9-14(18)17(12-6-2-3-7-12)10-11-5-1-4-8-13(11)16/h1,4-5,8,12H,2-3,6-7,9-10H2. The van der Waals surface area contributed by atoms with Crippen LogP contribution in [0.3, 0.4) is 0 Å². The van der Waals surface area contributed by atoms with E-state index in [1.54, 1.807) is 23.1 Å². The Balaban J connectivity index is 2.14. The van der Waals surface area contributed by atoms with Crippen LogP contribution >= 0.6 is 11.6 Å². The van der Waals surface area contributed by atoms with E-state index in [0.29, 0.717) is 12.1 Å². The van der Waals surface area contributed by atoms with Crippen molar-refractivity contribution in [3.63, 3.8) is 0 Å². The zero-order valence-electron chi connectivity index (χ0n) is 10.2. The summed E-state index contributed by atoms with van der Waals surface area (Å²) in [5.74, 6) is -0.403. The molecular formula is C14H17ClFNO. The van der Waals surface area contributed by atoms with Crippen molar-refractivity contribution in [2.24, 2.45) is 0 Å². The molecule has 1 aromatic carbocycles. The molecule has 0 saturated heterocycles. The van der Waals surface area contributed by atoms with E-state index >= 15 is 0 Å². The molecule has 0 bridgehead atoms. The Labute approximate surface area is 112 Å². The minimum absolute atomic E-state index is 0.0368. The average Bonchev–Trinajstić information content (AvgIpc) is 2.90. The zero-order valence-corrected chi connectivity index (χ0v) is 11.0. The molecule has 18 heavy (non-hydrogen) atoms. The van der Waals surface area contributed by atoms with Crippen LogP contribution in [0.1, 0.15) is 31.2 Å². The summed E-state index contributed by atoms with van der Waals surface area (Å²) >= 11 is 5.65. The number of alkyl halides is 1. The Kier molecular flexibility index (Phi) is 4.59. The predicted molar refractivity (Wildman–Crippen MR) is 69.9 cm³/mol. The van der Waals surface area contributed by atoms with Crippen LogP contribution in [-0.2, 0) is 11.3 Å². The first kappa shape index (κ1) is 13.3. The van der Waals surface area contributed by atoms with Crippen molar-refractivity contribution in [3.05, 3.63) is 35.6 Å². The number of hydrogen-bond donors (Lipinski definition) is 0. The molecule has 1 aliphatic carbocycles. The van der Waals surface area contributed by atoms with Gasteiger partial charge in [-0.15, -0.1) is 11.6 Å². The fourth-order valence-corrected chi connectivity index (χ4v) is 2.68. The fraction of sp³-hybridized carbons (Fsp3) is 0.500. The third-order valence-electron chi connectivity index (χ3n) is 3.50.